The van der Waals surface area contributed by atoms with Gasteiger partial charge in [-0.25, -0.2) is 0 Å². The Balaban J connectivity index is 1.57. The first-order valence-electron chi connectivity index (χ1n) is 9.73. The topological polar surface area (TPSA) is 88.7 Å². The van der Waals surface area contributed by atoms with Crippen LogP contribution in [-0.2, 0) is 4.79 Å². The molecule has 31 heavy (non-hydrogen) atoms. The van der Waals surface area contributed by atoms with Gasteiger partial charge in [-0.15, -0.1) is 0 Å². The van der Waals surface area contributed by atoms with E-state index < -0.39 is 0 Å². The lowest BCUT2D eigenvalue weighted by Gasteiger charge is -2.12. The van der Waals surface area contributed by atoms with Crippen molar-refractivity contribution in [3.63, 3.8) is 0 Å². The molecule has 0 heterocycles. The summed E-state index contributed by atoms with van der Waals surface area (Å²) in [6, 6.07) is 19.6. The van der Waals surface area contributed by atoms with Crippen molar-refractivity contribution in [2.75, 3.05) is 36.7 Å². The zero-order chi connectivity index (χ0) is 22.2. The molecule has 3 rings (SSSR count). The van der Waals surface area contributed by atoms with Crippen LogP contribution in [0, 0.1) is 6.92 Å². The third kappa shape index (κ3) is 5.76. The molecule has 7 nitrogen and oxygen atoms in total. The molecule has 2 amide bonds. The number of nitrogens with one attached hydrogen (secondary N) is 3. The van der Waals surface area contributed by atoms with Gasteiger partial charge in [-0.1, -0.05) is 18.2 Å². The summed E-state index contributed by atoms with van der Waals surface area (Å²) in [7, 11) is 3.13. The molecule has 0 aromatic heterocycles. The minimum absolute atomic E-state index is 0.0792. The number of methoxy groups -OCH3 is 2. The molecular formula is C24H25N3O4. The van der Waals surface area contributed by atoms with Crippen molar-refractivity contribution in [2.45, 2.75) is 6.92 Å². The Kier molecular flexibility index (Phi) is 7.11. The SMILES string of the molecule is COc1ccc(C)cc1NCC(=O)Nc1ccc(C(=O)Nc2ccccc2OC)cc1. The number of hydrogen-bond acceptors (Lipinski definition) is 5. The number of carbonyl (C=O) groups is 2. The Bertz CT molecular complexity index is 1060. The van der Waals surface area contributed by atoms with E-state index in [2.05, 4.69) is 16.0 Å². The Hall–Kier alpha value is -4.00. The van der Waals surface area contributed by atoms with E-state index in [1.807, 2.05) is 37.3 Å². The molecule has 0 aliphatic rings. The molecule has 0 spiro atoms. The fourth-order valence-electron chi connectivity index (χ4n) is 2.99. The minimum atomic E-state index is -0.268. The summed E-state index contributed by atoms with van der Waals surface area (Å²) >= 11 is 0. The van der Waals surface area contributed by atoms with Gasteiger partial charge in [-0.2, -0.15) is 0 Å². The van der Waals surface area contributed by atoms with Crippen molar-refractivity contribution >= 4 is 28.9 Å². The van der Waals surface area contributed by atoms with Gasteiger partial charge in [0.15, 0.2) is 0 Å². The van der Waals surface area contributed by atoms with Gasteiger partial charge >= 0.3 is 0 Å². The van der Waals surface area contributed by atoms with Crippen LogP contribution in [0.3, 0.4) is 0 Å². The maximum atomic E-state index is 12.5. The predicted octanol–water partition coefficient (Wildman–Crippen LogP) is 4.32. The van der Waals surface area contributed by atoms with Crippen molar-refractivity contribution in [2.24, 2.45) is 0 Å². The molecule has 0 radical (unpaired) electrons. The molecule has 0 fully saturated rings. The van der Waals surface area contributed by atoms with Crippen LogP contribution in [0.2, 0.25) is 0 Å². The van der Waals surface area contributed by atoms with Crippen LogP contribution in [0.25, 0.3) is 0 Å². The maximum Gasteiger partial charge on any atom is 0.255 e. The lowest BCUT2D eigenvalue weighted by Crippen LogP contribution is -2.22. The van der Waals surface area contributed by atoms with Crippen molar-refractivity contribution in [3.8, 4) is 11.5 Å². The smallest absolute Gasteiger partial charge is 0.255 e. The third-order valence-corrected chi connectivity index (χ3v) is 4.58. The summed E-state index contributed by atoms with van der Waals surface area (Å²) in [4.78, 5) is 24.8. The first-order valence-corrected chi connectivity index (χ1v) is 9.73. The number of para-hydroxylation sites is 2. The summed E-state index contributed by atoms with van der Waals surface area (Å²) in [6.45, 7) is 2.05. The second-order valence-electron chi connectivity index (χ2n) is 6.84. The van der Waals surface area contributed by atoms with E-state index in [1.165, 1.54) is 0 Å². The van der Waals surface area contributed by atoms with Gasteiger partial charge in [0.2, 0.25) is 5.91 Å². The van der Waals surface area contributed by atoms with E-state index in [0.29, 0.717) is 28.4 Å². The average molecular weight is 419 g/mol. The van der Waals surface area contributed by atoms with Crippen LogP contribution in [-0.4, -0.2) is 32.6 Å². The lowest BCUT2D eigenvalue weighted by molar-refractivity contribution is -0.114. The number of carbonyl (C=O) groups excluding carboxylic acids is 2. The summed E-state index contributed by atoms with van der Waals surface area (Å²) in [5.74, 6) is 0.770. The zero-order valence-electron chi connectivity index (χ0n) is 17.7. The van der Waals surface area contributed by atoms with E-state index >= 15 is 0 Å². The maximum absolute atomic E-state index is 12.5. The van der Waals surface area contributed by atoms with Crippen LogP contribution in [0.5, 0.6) is 11.5 Å². The predicted molar refractivity (Wildman–Crippen MR) is 122 cm³/mol. The first kappa shape index (κ1) is 21.7. The van der Waals surface area contributed by atoms with Crippen LogP contribution < -0.4 is 25.4 Å². The summed E-state index contributed by atoms with van der Waals surface area (Å²) in [6.07, 6.45) is 0. The highest BCUT2D eigenvalue weighted by atomic mass is 16.5. The van der Waals surface area contributed by atoms with E-state index in [9.17, 15) is 9.59 Å². The molecule has 3 aromatic rings. The monoisotopic (exact) mass is 419 g/mol. The second kappa shape index (κ2) is 10.2. The molecule has 0 bridgehead atoms. The molecule has 0 saturated carbocycles. The fourth-order valence-corrected chi connectivity index (χ4v) is 2.99. The molecule has 7 heteroatoms. The number of anilines is 3. The van der Waals surface area contributed by atoms with E-state index in [-0.39, 0.29) is 18.4 Å². The molecule has 0 saturated heterocycles. The highest BCUT2D eigenvalue weighted by Crippen LogP contribution is 2.25. The second-order valence-corrected chi connectivity index (χ2v) is 6.84. The highest BCUT2D eigenvalue weighted by Gasteiger charge is 2.10. The van der Waals surface area contributed by atoms with Crippen LogP contribution in [0.15, 0.2) is 66.7 Å². The number of hydrogen-bond donors (Lipinski definition) is 3. The standard InChI is InChI=1S/C24H25N3O4/c1-16-8-13-22(31-3)20(14-16)25-15-23(28)26-18-11-9-17(10-12-18)24(29)27-19-6-4-5-7-21(19)30-2/h4-14,25H,15H2,1-3H3,(H,26,28)(H,27,29). The molecule has 0 aliphatic carbocycles. The molecular weight excluding hydrogens is 394 g/mol. The van der Waals surface area contributed by atoms with Crippen molar-refractivity contribution in [1.29, 1.82) is 0 Å². The summed E-state index contributed by atoms with van der Waals surface area (Å²) < 4.78 is 10.5. The number of aryl methyl sites for hydroxylation is 1. The zero-order valence-corrected chi connectivity index (χ0v) is 17.7. The normalized spacial score (nSPS) is 10.2. The van der Waals surface area contributed by atoms with Gasteiger partial charge in [0.1, 0.15) is 11.5 Å². The fraction of sp³-hybridized carbons (Fsp3) is 0.167. The molecule has 0 atom stereocenters. The Morgan fingerprint density at radius 3 is 2.19 bits per heavy atom. The molecule has 0 aliphatic heterocycles. The molecule has 3 aromatic carbocycles. The summed E-state index contributed by atoms with van der Waals surface area (Å²) in [5, 5.41) is 8.70. The Morgan fingerprint density at radius 2 is 1.48 bits per heavy atom. The summed E-state index contributed by atoms with van der Waals surface area (Å²) in [5.41, 5.74) is 3.46. The first-order chi connectivity index (χ1) is 15.0. The Labute approximate surface area is 181 Å². The number of rotatable bonds is 8. The largest absolute Gasteiger partial charge is 0.495 e. The van der Waals surface area contributed by atoms with Gasteiger partial charge in [0.25, 0.3) is 5.91 Å². The number of amides is 2. The quantitative estimate of drug-likeness (QED) is 0.506. The van der Waals surface area contributed by atoms with Crippen molar-refractivity contribution in [3.05, 3.63) is 77.9 Å². The van der Waals surface area contributed by atoms with E-state index in [0.717, 1.165) is 11.3 Å². The van der Waals surface area contributed by atoms with Gasteiger partial charge in [-0.3, -0.25) is 9.59 Å². The van der Waals surface area contributed by atoms with Gasteiger partial charge < -0.3 is 25.4 Å². The van der Waals surface area contributed by atoms with Gasteiger partial charge in [0.05, 0.1) is 32.1 Å². The highest BCUT2D eigenvalue weighted by molar-refractivity contribution is 6.05. The molecule has 160 valence electrons. The van der Waals surface area contributed by atoms with E-state index in [1.54, 1.807) is 50.6 Å². The third-order valence-electron chi connectivity index (χ3n) is 4.58. The van der Waals surface area contributed by atoms with Crippen LogP contribution in [0.4, 0.5) is 17.1 Å². The number of benzene rings is 3. The minimum Gasteiger partial charge on any atom is -0.495 e. The van der Waals surface area contributed by atoms with E-state index in [4.69, 9.17) is 9.47 Å². The number of ether oxygens (including phenoxy) is 2. The average Bonchev–Trinajstić information content (AvgIpc) is 2.78. The lowest BCUT2D eigenvalue weighted by atomic mass is 10.2. The van der Waals surface area contributed by atoms with Crippen LogP contribution in [0.1, 0.15) is 15.9 Å². The van der Waals surface area contributed by atoms with Crippen molar-refractivity contribution in [1.82, 2.24) is 0 Å². The van der Waals surface area contributed by atoms with Crippen molar-refractivity contribution < 1.29 is 19.1 Å². The van der Waals surface area contributed by atoms with Gasteiger partial charge in [0, 0.05) is 11.3 Å². The molecule has 0 unspecified atom stereocenters. The van der Waals surface area contributed by atoms with Gasteiger partial charge in [-0.05, 0) is 61.0 Å². The Morgan fingerprint density at radius 1 is 0.806 bits per heavy atom. The van der Waals surface area contributed by atoms with Crippen LogP contribution >= 0.6 is 0 Å². The molecule has 3 N–H and O–H groups in total.